The molecule has 0 aliphatic carbocycles. The van der Waals surface area contributed by atoms with E-state index in [1.54, 1.807) is 6.92 Å². The second-order valence-electron chi connectivity index (χ2n) is 2.43. The van der Waals surface area contributed by atoms with Gasteiger partial charge in [-0.25, -0.2) is 0 Å². The first-order valence-electron chi connectivity index (χ1n) is 2.88. The van der Waals surface area contributed by atoms with E-state index in [9.17, 15) is 0 Å². The van der Waals surface area contributed by atoms with Gasteiger partial charge in [-0.1, -0.05) is 13.8 Å². The van der Waals surface area contributed by atoms with E-state index in [-0.39, 0.29) is 5.38 Å². The summed E-state index contributed by atoms with van der Waals surface area (Å²) in [6, 6.07) is 0. The highest BCUT2D eigenvalue weighted by Crippen LogP contribution is 2.12. The zero-order valence-corrected chi connectivity index (χ0v) is 6.31. The second kappa shape index (κ2) is 3.31. The van der Waals surface area contributed by atoms with E-state index in [0.717, 1.165) is 0 Å². The third kappa shape index (κ3) is 2.53. The molecule has 0 saturated carbocycles. The minimum Gasteiger partial charge on any atom is -0.392 e. The zero-order chi connectivity index (χ0) is 6.73. The molecule has 0 heterocycles. The SMILES string of the molecule is CC(C)[C@H](Cl)[C@H](C)O. The summed E-state index contributed by atoms with van der Waals surface area (Å²) in [5, 5.41) is 8.76. The van der Waals surface area contributed by atoms with Gasteiger partial charge in [-0.15, -0.1) is 11.6 Å². The summed E-state index contributed by atoms with van der Waals surface area (Å²) in [7, 11) is 0. The predicted molar refractivity (Wildman–Crippen MR) is 36.2 cm³/mol. The fourth-order valence-electron chi connectivity index (χ4n) is 0.557. The molecule has 0 fully saturated rings. The van der Waals surface area contributed by atoms with Crippen LogP contribution in [-0.2, 0) is 0 Å². The maximum atomic E-state index is 8.86. The van der Waals surface area contributed by atoms with E-state index >= 15 is 0 Å². The van der Waals surface area contributed by atoms with Gasteiger partial charge in [-0.05, 0) is 12.8 Å². The Bertz CT molecular complexity index is 53.5. The standard InChI is InChI=1S/C6H13ClO/c1-4(2)6(7)5(3)8/h4-6,8H,1-3H3/t5-,6-/m0/s1. The molecule has 0 amide bonds. The maximum absolute atomic E-state index is 8.86. The molecule has 1 N–H and O–H groups in total. The fourth-order valence-corrected chi connectivity index (χ4v) is 0.557. The van der Waals surface area contributed by atoms with Crippen LogP contribution in [0.2, 0.25) is 0 Å². The summed E-state index contributed by atoms with van der Waals surface area (Å²) >= 11 is 5.70. The molecule has 0 spiro atoms. The van der Waals surface area contributed by atoms with Crippen molar-refractivity contribution in [3.8, 4) is 0 Å². The summed E-state index contributed by atoms with van der Waals surface area (Å²) in [6.07, 6.45) is -0.392. The van der Waals surface area contributed by atoms with Crippen molar-refractivity contribution in [3.05, 3.63) is 0 Å². The van der Waals surface area contributed by atoms with Crippen molar-refractivity contribution in [2.75, 3.05) is 0 Å². The Kier molecular flexibility index (Phi) is 3.41. The summed E-state index contributed by atoms with van der Waals surface area (Å²) < 4.78 is 0. The van der Waals surface area contributed by atoms with Crippen LogP contribution in [0.15, 0.2) is 0 Å². The van der Waals surface area contributed by atoms with Crippen molar-refractivity contribution < 1.29 is 5.11 Å². The van der Waals surface area contributed by atoms with Gasteiger partial charge >= 0.3 is 0 Å². The lowest BCUT2D eigenvalue weighted by Crippen LogP contribution is -2.21. The second-order valence-corrected chi connectivity index (χ2v) is 2.93. The van der Waals surface area contributed by atoms with Crippen LogP contribution in [0.4, 0.5) is 0 Å². The molecule has 0 radical (unpaired) electrons. The van der Waals surface area contributed by atoms with Gasteiger partial charge in [0.05, 0.1) is 11.5 Å². The van der Waals surface area contributed by atoms with Crippen LogP contribution < -0.4 is 0 Å². The van der Waals surface area contributed by atoms with Crippen molar-refractivity contribution in [2.45, 2.75) is 32.3 Å². The average Bonchev–Trinajstić information content (AvgIpc) is 1.64. The van der Waals surface area contributed by atoms with Crippen molar-refractivity contribution in [1.82, 2.24) is 0 Å². The van der Waals surface area contributed by atoms with Gasteiger partial charge in [0.15, 0.2) is 0 Å². The lowest BCUT2D eigenvalue weighted by atomic mass is 10.1. The molecule has 8 heavy (non-hydrogen) atoms. The number of hydrogen-bond acceptors (Lipinski definition) is 1. The van der Waals surface area contributed by atoms with Crippen LogP contribution in [0.3, 0.4) is 0 Å². The van der Waals surface area contributed by atoms with Gasteiger partial charge in [0.2, 0.25) is 0 Å². The molecule has 0 aliphatic rings. The molecule has 0 aromatic carbocycles. The average molecular weight is 137 g/mol. The Hall–Kier alpha value is 0.250. The number of aliphatic hydroxyl groups excluding tert-OH is 1. The maximum Gasteiger partial charge on any atom is 0.0678 e. The van der Waals surface area contributed by atoms with Crippen LogP contribution in [0, 0.1) is 5.92 Å². The van der Waals surface area contributed by atoms with E-state index in [2.05, 4.69) is 0 Å². The van der Waals surface area contributed by atoms with E-state index in [1.807, 2.05) is 13.8 Å². The Morgan fingerprint density at radius 1 is 1.25 bits per heavy atom. The van der Waals surface area contributed by atoms with Gasteiger partial charge in [-0.2, -0.15) is 0 Å². The van der Waals surface area contributed by atoms with Gasteiger partial charge in [0.1, 0.15) is 0 Å². The Labute approximate surface area is 55.7 Å². The molecule has 0 aromatic heterocycles. The summed E-state index contributed by atoms with van der Waals surface area (Å²) in [5.74, 6) is 0.358. The zero-order valence-electron chi connectivity index (χ0n) is 5.56. The molecule has 1 nitrogen and oxygen atoms in total. The van der Waals surface area contributed by atoms with Crippen molar-refractivity contribution in [3.63, 3.8) is 0 Å². The highest BCUT2D eigenvalue weighted by atomic mass is 35.5. The number of alkyl halides is 1. The first-order chi connectivity index (χ1) is 3.55. The van der Waals surface area contributed by atoms with Gasteiger partial charge in [-0.3, -0.25) is 0 Å². The highest BCUT2D eigenvalue weighted by Gasteiger charge is 2.14. The van der Waals surface area contributed by atoms with Crippen LogP contribution in [0.25, 0.3) is 0 Å². The van der Waals surface area contributed by atoms with Crippen LogP contribution in [-0.4, -0.2) is 16.6 Å². The lowest BCUT2D eigenvalue weighted by Gasteiger charge is -2.15. The monoisotopic (exact) mass is 136 g/mol. The Morgan fingerprint density at radius 3 is 1.62 bits per heavy atom. The van der Waals surface area contributed by atoms with Crippen LogP contribution in [0.1, 0.15) is 20.8 Å². The van der Waals surface area contributed by atoms with E-state index in [1.165, 1.54) is 0 Å². The van der Waals surface area contributed by atoms with E-state index in [4.69, 9.17) is 16.7 Å². The molecular weight excluding hydrogens is 124 g/mol. The topological polar surface area (TPSA) is 20.2 Å². The molecule has 0 unspecified atom stereocenters. The number of rotatable bonds is 2. The molecule has 0 saturated heterocycles. The molecular formula is C6H13ClO. The molecule has 0 aliphatic heterocycles. The van der Waals surface area contributed by atoms with E-state index in [0.29, 0.717) is 5.92 Å². The minimum absolute atomic E-state index is 0.102. The molecule has 2 atom stereocenters. The third-order valence-corrected chi connectivity index (χ3v) is 1.97. The Morgan fingerprint density at radius 2 is 1.62 bits per heavy atom. The highest BCUT2D eigenvalue weighted by molar-refractivity contribution is 6.21. The number of hydrogen-bond donors (Lipinski definition) is 1. The smallest absolute Gasteiger partial charge is 0.0678 e. The van der Waals surface area contributed by atoms with Crippen molar-refractivity contribution in [2.24, 2.45) is 5.92 Å². The Balaban J connectivity index is 3.46. The van der Waals surface area contributed by atoms with Crippen molar-refractivity contribution >= 4 is 11.6 Å². The van der Waals surface area contributed by atoms with Gasteiger partial charge < -0.3 is 5.11 Å². The quantitative estimate of drug-likeness (QED) is 0.573. The molecule has 0 aromatic rings. The number of aliphatic hydroxyl groups is 1. The summed E-state index contributed by atoms with van der Waals surface area (Å²) in [6.45, 7) is 5.69. The fraction of sp³-hybridized carbons (Fsp3) is 1.00. The largest absolute Gasteiger partial charge is 0.392 e. The first-order valence-corrected chi connectivity index (χ1v) is 3.31. The molecule has 50 valence electrons. The van der Waals surface area contributed by atoms with E-state index < -0.39 is 6.10 Å². The lowest BCUT2D eigenvalue weighted by molar-refractivity contribution is 0.172. The van der Waals surface area contributed by atoms with Crippen LogP contribution in [0.5, 0.6) is 0 Å². The van der Waals surface area contributed by atoms with Crippen LogP contribution >= 0.6 is 11.6 Å². The summed E-state index contributed by atoms with van der Waals surface area (Å²) in [4.78, 5) is 0. The third-order valence-electron chi connectivity index (χ3n) is 1.10. The first kappa shape index (κ1) is 8.25. The predicted octanol–water partition coefficient (Wildman–Crippen LogP) is 1.63. The molecule has 2 heteroatoms. The van der Waals surface area contributed by atoms with Crippen molar-refractivity contribution in [1.29, 1.82) is 0 Å². The number of halogens is 1. The molecule has 0 bridgehead atoms. The normalized spacial score (nSPS) is 18.8. The molecule has 0 rings (SSSR count). The van der Waals surface area contributed by atoms with Gasteiger partial charge in [0.25, 0.3) is 0 Å². The summed E-state index contributed by atoms with van der Waals surface area (Å²) in [5.41, 5.74) is 0. The minimum atomic E-state index is -0.392. The van der Waals surface area contributed by atoms with Gasteiger partial charge in [0, 0.05) is 0 Å².